The van der Waals surface area contributed by atoms with Crippen LogP contribution in [0.4, 0.5) is 0 Å². The number of hydrogen-bond acceptors (Lipinski definition) is 3. The first-order valence-electron chi connectivity index (χ1n) is 7.27. The fraction of sp³-hybridized carbons (Fsp3) is 0.438. The normalized spacial score (nSPS) is 12.4. The molecule has 2 aromatic rings. The Hall–Kier alpha value is -1.52. The molecule has 114 valence electrons. The third-order valence-corrected chi connectivity index (χ3v) is 4.07. The molecule has 0 bridgehead atoms. The number of para-hydroxylation sites is 1. The molecule has 2 rings (SSSR count). The van der Waals surface area contributed by atoms with E-state index in [4.69, 9.17) is 22.1 Å². The quantitative estimate of drug-likeness (QED) is 0.882. The number of benzene rings is 1. The third-order valence-electron chi connectivity index (χ3n) is 3.58. The van der Waals surface area contributed by atoms with E-state index >= 15 is 0 Å². The zero-order valence-electron chi connectivity index (χ0n) is 12.8. The van der Waals surface area contributed by atoms with Crippen molar-refractivity contribution in [3.05, 3.63) is 46.2 Å². The van der Waals surface area contributed by atoms with E-state index in [1.807, 2.05) is 42.8 Å². The molecule has 1 atom stereocenters. The number of nitrogens with two attached hydrogens (primary N) is 1. The van der Waals surface area contributed by atoms with Crippen molar-refractivity contribution in [3.8, 4) is 5.75 Å². The Bertz CT molecular complexity index is 610. The van der Waals surface area contributed by atoms with E-state index in [2.05, 4.69) is 12.0 Å². The van der Waals surface area contributed by atoms with E-state index in [0.717, 1.165) is 35.7 Å². The van der Waals surface area contributed by atoms with Crippen molar-refractivity contribution in [2.45, 2.75) is 46.4 Å². The first kappa shape index (κ1) is 15.9. The molecule has 0 aliphatic carbocycles. The summed E-state index contributed by atoms with van der Waals surface area (Å²) in [5.74, 6) is 0.810. The Morgan fingerprint density at radius 3 is 2.71 bits per heavy atom. The molecule has 0 radical (unpaired) electrons. The largest absolute Gasteiger partial charge is 0.487 e. The number of hydrogen-bond donors (Lipinski definition) is 1. The molecular weight excluding hydrogens is 286 g/mol. The second-order valence-electron chi connectivity index (χ2n) is 5.00. The van der Waals surface area contributed by atoms with Gasteiger partial charge in [-0.15, -0.1) is 0 Å². The first-order chi connectivity index (χ1) is 10.1. The van der Waals surface area contributed by atoms with Gasteiger partial charge in [0.25, 0.3) is 0 Å². The van der Waals surface area contributed by atoms with Crippen molar-refractivity contribution >= 4 is 11.6 Å². The summed E-state index contributed by atoms with van der Waals surface area (Å²) in [5.41, 5.74) is 8.88. The lowest BCUT2D eigenvalue weighted by molar-refractivity contribution is 0.287. The van der Waals surface area contributed by atoms with Gasteiger partial charge in [0.15, 0.2) is 0 Å². The second-order valence-corrected chi connectivity index (χ2v) is 5.38. The van der Waals surface area contributed by atoms with Crippen LogP contribution < -0.4 is 10.5 Å². The highest BCUT2D eigenvalue weighted by molar-refractivity contribution is 6.31. The molecule has 0 fully saturated rings. The molecule has 2 N–H and O–H groups in total. The predicted molar refractivity (Wildman–Crippen MR) is 85.6 cm³/mol. The van der Waals surface area contributed by atoms with Crippen molar-refractivity contribution < 1.29 is 4.74 Å². The number of rotatable bonds is 6. The Balaban J connectivity index is 2.21. The van der Waals surface area contributed by atoms with E-state index in [9.17, 15) is 0 Å². The summed E-state index contributed by atoms with van der Waals surface area (Å²) in [7, 11) is 0. The second kappa shape index (κ2) is 6.96. The molecule has 5 heteroatoms. The minimum absolute atomic E-state index is 0.0190. The maximum Gasteiger partial charge on any atom is 0.131 e. The molecule has 0 aliphatic rings. The Morgan fingerprint density at radius 2 is 2.05 bits per heavy atom. The van der Waals surface area contributed by atoms with Crippen LogP contribution in [0.15, 0.2) is 24.3 Å². The van der Waals surface area contributed by atoms with Gasteiger partial charge in [-0.2, -0.15) is 5.10 Å². The van der Waals surface area contributed by atoms with Crippen molar-refractivity contribution in [2.24, 2.45) is 5.73 Å². The summed E-state index contributed by atoms with van der Waals surface area (Å²) in [6.45, 7) is 7.16. The van der Waals surface area contributed by atoms with Gasteiger partial charge >= 0.3 is 0 Å². The fourth-order valence-electron chi connectivity index (χ4n) is 2.29. The van der Waals surface area contributed by atoms with Crippen molar-refractivity contribution in [3.63, 3.8) is 0 Å². The van der Waals surface area contributed by atoms with E-state index in [0.29, 0.717) is 11.6 Å². The third kappa shape index (κ3) is 3.39. The Morgan fingerprint density at radius 1 is 1.33 bits per heavy atom. The highest BCUT2D eigenvalue weighted by Gasteiger charge is 2.15. The average molecular weight is 308 g/mol. The van der Waals surface area contributed by atoms with Gasteiger partial charge < -0.3 is 10.5 Å². The Kier molecular flexibility index (Phi) is 5.26. The fourth-order valence-corrected chi connectivity index (χ4v) is 2.48. The summed E-state index contributed by atoms with van der Waals surface area (Å²) in [6.07, 6.45) is 0.868. The molecule has 1 heterocycles. The molecule has 0 spiro atoms. The summed E-state index contributed by atoms with van der Waals surface area (Å²) >= 11 is 6.30. The molecule has 4 nitrogen and oxygen atoms in total. The maximum atomic E-state index is 6.30. The van der Waals surface area contributed by atoms with Gasteiger partial charge in [0.1, 0.15) is 12.4 Å². The molecule has 1 aromatic heterocycles. The Labute approximate surface area is 130 Å². The van der Waals surface area contributed by atoms with Crippen LogP contribution in [0.5, 0.6) is 5.75 Å². The van der Waals surface area contributed by atoms with Crippen molar-refractivity contribution in [1.82, 2.24) is 9.78 Å². The van der Waals surface area contributed by atoms with Crippen LogP contribution >= 0.6 is 11.6 Å². The standard InChI is InChI=1S/C16H22ClN3O/c1-4-13(18)12-8-6-7-9-15(12)21-10-14-16(17)11(3)19-20(14)5-2/h6-9,13H,4-5,10,18H2,1-3H3. The van der Waals surface area contributed by atoms with Gasteiger partial charge in [0.05, 0.1) is 16.4 Å². The minimum Gasteiger partial charge on any atom is -0.487 e. The lowest BCUT2D eigenvalue weighted by Gasteiger charge is -2.16. The molecular formula is C16H22ClN3O. The highest BCUT2D eigenvalue weighted by Crippen LogP contribution is 2.27. The summed E-state index contributed by atoms with van der Waals surface area (Å²) in [5, 5.41) is 5.07. The summed E-state index contributed by atoms with van der Waals surface area (Å²) in [6, 6.07) is 7.86. The minimum atomic E-state index is -0.0190. The van der Waals surface area contributed by atoms with Crippen LogP contribution in [0.2, 0.25) is 5.02 Å². The van der Waals surface area contributed by atoms with Gasteiger partial charge in [-0.3, -0.25) is 4.68 Å². The topological polar surface area (TPSA) is 53.1 Å². The number of aromatic nitrogens is 2. The number of ether oxygens (including phenoxy) is 1. The van der Waals surface area contributed by atoms with Gasteiger partial charge in [0, 0.05) is 18.2 Å². The lowest BCUT2D eigenvalue weighted by Crippen LogP contribution is -2.12. The lowest BCUT2D eigenvalue weighted by atomic mass is 10.0. The van der Waals surface area contributed by atoms with Crippen LogP contribution in [0.25, 0.3) is 0 Å². The molecule has 0 amide bonds. The molecule has 0 saturated carbocycles. The molecule has 1 unspecified atom stereocenters. The van der Waals surface area contributed by atoms with Gasteiger partial charge in [-0.1, -0.05) is 36.7 Å². The van der Waals surface area contributed by atoms with E-state index in [1.165, 1.54) is 0 Å². The van der Waals surface area contributed by atoms with Crippen molar-refractivity contribution in [1.29, 1.82) is 0 Å². The van der Waals surface area contributed by atoms with Gasteiger partial charge in [-0.05, 0) is 26.3 Å². The maximum absolute atomic E-state index is 6.30. The number of aryl methyl sites for hydroxylation is 2. The van der Waals surface area contributed by atoms with Crippen molar-refractivity contribution in [2.75, 3.05) is 0 Å². The molecule has 0 saturated heterocycles. The van der Waals surface area contributed by atoms with Gasteiger partial charge in [0.2, 0.25) is 0 Å². The number of halogens is 1. The average Bonchev–Trinajstić information content (AvgIpc) is 2.79. The summed E-state index contributed by atoms with van der Waals surface area (Å²) in [4.78, 5) is 0. The molecule has 21 heavy (non-hydrogen) atoms. The number of nitrogens with zero attached hydrogens (tertiary/aromatic N) is 2. The summed E-state index contributed by atoms with van der Waals surface area (Å²) < 4.78 is 7.83. The SMILES string of the molecule is CCC(N)c1ccccc1OCc1c(Cl)c(C)nn1CC. The zero-order chi connectivity index (χ0) is 15.4. The van der Waals surface area contributed by atoms with Crippen LogP contribution in [0.1, 0.15) is 43.3 Å². The van der Waals surface area contributed by atoms with E-state index in [1.54, 1.807) is 0 Å². The zero-order valence-corrected chi connectivity index (χ0v) is 13.5. The van der Waals surface area contributed by atoms with Crippen LogP contribution in [0.3, 0.4) is 0 Å². The molecule has 0 aliphatic heterocycles. The first-order valence-corrected chi connectivity index (χ1v) is 7.65. The van der Waals surface area contributed by atoms with E-state index in [-0.39, 0.29) is 6.04 Å². The van der Waals surface area contributed by atoms with E-state index < -0.39 is 0 Å². The van der Waals surface area contributed by atoms with Crippen LogP contribution in [-0.4, -0.2) is 9.78 Å². The highest BCUT2D eigenvalue weighted by atomic mass is 35.5. The van der Waals surface area contributed by atoms with Crippen LogP contribution in [-0.2, 0) is 13.2 Å². The van der Waals surface area contributed by atoms with Gasteiger partial charge in [-0.25, -0.2) is 0 Å². The predicted octanol–water partition coefficient (Wildman–Crippen LogP) is 3.85. The smallest absolute Gasteiger partial charge is 0.131 e. The monoisotopic (exact) mass is 307 g/mol. The van der Waals surface area contributed by atoms with Crippen LogP contribution in [0, 0.1) is 6.92 Å². The molecule has 1 aromatic carbocycles.